The first kappa shape index (κ1) is 21.9. The highest BCUT2D eigenvalue weighted by Gasteiger charge is 2.20. The fourth-order valence-electron chi connectivity index (χ4n) is 3.87. The van der Waals surface area contributed by atoms with Crippen LogP contribution in [0.1, 0.15) is 38.4 Å². The number of hydrogen-bond donors (Lipinski definition) is 2. The van der Waals surface area contributed by atoms with E-state index in [1.807, 2.05) is 19.2 Å². The zero-order valence-corrected chi connectivity index (χ0v) is 19.1. The van der Waals surface area contributed by atoms with Crippen LogP contribution in [0.15, 0.2) is 29.3 Å². The summed E-state index contributed by atoms with van der Waals surface area (Å²) < 4.78 is 2.13. The molecule has 6 nitrogen and oxygen atoms in total. The van der Waals surface area contributed by atoms with Crippen LogP contribution in [0.25, 0.3) is 11.0 Å². The lowest BCUT2D eigenvalue weighted by atomic mass is 10.0. The molecular formula is C20H33IN6. The number of imidazole rings is 1. The Balaban J connectivity index is 0.00000261. The van der Waals surface area contributed by atoms with Crippen LogP contribution < -0.4 is 10.6 Å². The van der Waals surface area contributed by atoms with Crippen LogP contribution in [0.2, 0.25) is 0 Å². The number of nitrogens with one attached hydrogen (secondary N) is 2. The van der Waals surface area contributed by atoms with Crippen molar-refractivity contribution in [1.82, 2.24) is 25.1 Å². The van der Waals surface area contributed by atoms with Gasteiger partial charge in [-0.1, -0.05) is 25.5 Å². The van der Waals surface area contributed by atoms with Gasteiger partial charge in [-0.05, 0) is 37.9 Å². The van der Waals surface area contributed by atoms with Crippen molar-refractivity contribution in [1.29, 1.82) is 0 Å². The molecule has 0 bridgehead atoms. The molecule has 2 heterocycles. The smallest absolute Gasteiger partial charge is 0.191 e. The van der Waals surface area contributed by atoms with Gasteiger partial charge in [0.2, 0.25) is 0 Å². The summed E-state index contributed by atoms with van der Waals surface area (Å²) in [4.78, 5) is 11.7. The molecule has 7 heteroatoms. The number of para-hydroxylation sites is 2. The zero-order chi connectivity index (χ0) is 18.4. The van der Waals surface area contributed by atoms with Crippen LogP contribution >= 0.6 is 24.0 Å². The predicted molar refractivity (Wildman–Crippen MR) is 124 cm³/mol. The van der Waals surface area contributed by atoms with E-state index in [2.05, 4.69) is 51.2 Å². The van der Waals surface area contributed by atoms with Crippen LogP contribution in [-0.4, -0.2) is 53.1 Å². The number of rotatable bonds is 6. The Bertz CT molecular complexity index is 741. The molecule has 0 amide bonds. The third kappa shape index (κ3) is 5.57. The van der Waals surface area contributed by atoms with Crippen LogP contribution in [0.3, 0.4) is 0 Å². The molecule has 1 aliphatic heterocycles. The molecule has 0 spiro atoms. The molecule has 150 valence electrons. The van der Waals surface area contributed by atoms with Crippen LogP contribution in [0.4, 0.5) is 0 Å². The number of aryl methyl sites for hydroxylation is 1. The molecule has 0 saturated carbocycles. The van der Waals surface area contributed by atoms with E-state index in [1.165, 1.54) is 32.2 Å². The van der Waals surface area contributed by atoms with E-state index in [4.69, 9.17) is 4.98 Å². The number of hydrogen-bond acceptors (Lipinski definition) is 3. The second-order valence-electron chi connectivity index (χ2n) is 7.02. The number of piperidine rings is 1. The molecule has 0 aliphatic carbocycles. The van der Waals surface area contributed by atoms with Crippen molar-refractivity contribution in [2.75, 3.05) is 26.7 Å². The lowest BCUT2D eigenvalue weighted by Crippen LogP contribution is -2.45. The standard InChI is InChI=1S/C20H32N6.HI/c1-4-16-9-7-8-13-26(16)14-12-22-20(21-2)23-15-19-24-17-10-5-6-11-18(17)25(19)3;/h5-6,10-11,16H,4,7-9,12-15H2,1-3H3,(H2,21,22,23);1H. The number of benzene rings is 1. The van der Waals surface area contributed by atoms with Gasteiger partial charge < -0.3 is 15.2 Å². The fourth-order valence-corrected chi connectivity index (χ4v) is 3.87. The number of aromatic nitrogens is 2. The Morgan fingerprint density at radius 1 is 1.26 bits per heavy atom. The van der Waals surface area contributed by atoms with Crippen LogP contribution in [-0.2, 0) is 13.6 Å². The normalized spacial score (nSPS) is 18.3. The Labute approximate surface area is 179 Å². The van der Waals surface area contributed by atoms with Crippen molar-refractivity contribution in [2.45, 2.75) is 45.2 Å². The minimum absolute atomic E-state index is 0. The number of nitrogens with zero attached hydrogens (tertiary/aromatic N) is 4. The molecule has 27 heavy (non-hydrogen) atoms. The summed E-state index contributed by atoms with van der Waals surface area (Å²) >= 11 is 0. The fraction of sp³-hybridized carbons (Fsp3) is 0.600. The topological polar surface area (TPSA) is 57.5 Å². The van der Waals surface area contributed by atoms with E-state index in [1.54, 1.807) is 0 Å². The molecule has 1 atom stereocenters. The highest BCUT2D eigenvalue weighted by Crippen LogP contribution is 2.18. The number of fused-ring (bicyclic) bond motifs is 1. The van der Waals surface area contributed by atoms with Gasteiger partial charge in [-0.25, -0.2) is 4.98 Å². The summed E-state index contributed by atoms with van der Waals surface area (Å²) in [6.07, 6.45) is 5.30. The molecule has 1 saturated heterocycles. The minimum atomic E-state index is 0. The third-order valence-electron chi connectivity index (χ3n) is 5.43. The molecular weight excluding hydrogens is 451 g/mol. The SMILES string of the molecule is CCC1CCCCN1CCNC(=NC)NCc1nc2ccccc2n1C.I. The van der Waals surface area contributed by atoms with E-state index in [0.717, 1.165) is 41.9 Å². The largest absolute Gasteiger partial charge is 0.355 e. The molecule has 0 radical (unpaired) electrons. The van der Waals surface area contributed by atoms with E-state index >= 15 is 0 Å². The van der Waals surface area contributed by atoms with Crippen molar-refractivity contribution in [3.8, 4) is 0 Å². The van der Waals surface area contributed by atoms with Crippen molar-refractivity contribution in [3.63, 3.8) is 0 Å². The molecule has 1 aliphatic rings. The van der Waals surface area contributed by atoms with Crippen molar-refractivity contribution >= 4 is 41.0 Å². The molecule has 1 aromatic carbocycles. The van der Waals surface area contributed by atoms with Crippen LogP contribution in [0.5, 0.6) is 0 Å². The average molecular weight is 484 g/mol. The highest BCUT2D eigenvalue weighted by molar-refractivity contribution is 14.0. The first-order chi connectivity index (χ1) is 12.7. The van der Waals surface area contributed by atoms with Crippen molar-refractivity contribution in [2.24, 2.45) is 12.0 Å². The first-order valence-corrected chi connectivity index (χ1v) is 9.81. The van der Waals surface area contributed by atoms with Crippen molar-refractivity contribution in [3.05, 3.63) is 30.1 Å². The third-order valence-corrected chi connectivity index (χ3v) is 5.43. The summed E-state index contributed by atoms with van der Waals surface area (Å²) in [6, 6.07) is 8.97. The van der Waals surface area contributed by atoms with E-state index in [-0.39, 0.29) is 24.0 Å². The summed E-state index contributed by atoms with van der Waals surface area (Å²) in [7, 11) is 3.88. The zero-order valence-electron chi connectivity index (χ0n) is 16.7. The van der Waals surface area contributed by atoms with Crippen molar-refractivity contribution < 1.29 is 0 Å². The monoisotopic (exact) mass is 484 g/mol. The lowest BCUT2D eigenvalue weighted by Gasteiger charge is -2.35. The van der Waals surface area contributed by atoms with Crippen LogP contribution in [0, 0.1) is 0 Å². The minimum Gasteiger partial charge on any atom is -0.355 e. The van der Waals surface area contributed by atoms with Gasteiger partial charge in [-0.3, -0.25) is 9.89 Å². The number of aliphatic imine (C=N–C) groups is 1. The molecule has 2 aromatic rings. The molecule has 2 N–H and O–H groups in total. The average Bonchev–Trinajstić information content (AvgIpc) is 3.01. The second kappa shape index (κ2) is 10.8. The maximum absolute atomic E-state index is 4.70. The molecule has 1 fully saturated rings. The van der Waals surface area contributed by atoms with Gasteiger partial charge in [-0.2, -0.15) is 0 Å². The number of likely N-dealkylation sites (tertiary alicyclic amines) is 1. The van der Waals surface area contributed by atoms with E-state index < -0.39 is 0 Å². The predicted octanol–water partition coefficient (Wildman–Crippen LogP) is 3.12. The van der Waals surface area contributed by atoms with Gasteiger partial charge >= 0.3 is 0 Å². The highest BCUT2D eigenvalue weighted by atomic mass is 127. The second-order valence-corrected chi connectivity index (χ2v) is 7.02. The van der Waals surface area contributed by atoms with Gasteiger partial charge in [0.05, 0.1) is 17.6 Å². The molecule has 1 unspecified atom stereocenters. The Morgan fingerprint density at radius 3 is 2.81 bits per heavy atom. The maximum atomic E-state index is 4.70. The summed E-state index contributed by atoms with van der Waals surface area (Å²) in [5, 5.41) is 6.83. The summed E-state index contributed by atoms with van der Waals surface area (Å²) in [5.41, 5.74) is 2.19. The maximum Gasteiger partial charge on any atom is 0.191 e. The summed E-state index contributed by atoms with van der Waals surface area (Å²) in [5.74, 6) is 1.85. The Morgan fingerprint density at radius 2 is 2.07 bits per heavy atom. The lowest BCUT2D eigenvalue weighted by molar-refractivity contribution is 0.147. The number of guanidine groups is 1. The Kier molecular flexibility index (Phi) is 8.82. The quantitative estimate of drug-likeness (QED) is 0.376. The van der Waals surface area contributed by atoms with E-state index in [0.29, 0.717) is 6.54 Å². The molecule has 3 rings (SSSR count). The van der Waals surface area contributed by atoms with Gasteiger partial charge in [0.1, 0.15) is 5.82 Å². The van der Waals surface area contributed by atoms with Gasteiger partial charge in [0.15, 0.2) is 5.96 Å². The van der Waals surface area contributed by atoms with Gasteiger partial charge in [-0.15, -0.1) is 24.0 Å². The Hall–Kier alpha value is -1.35. The molecule has 1 aromatic heterocycles. The van der Waals surface area contributed by atoms with Gasteiger partial charge in [0, 0.05) is 33.2 Å². The van der Waals surface area contributed by atoms with Gasteiger partial charge in [0.25, 0.3) is 0 Å². The first-order valence-electron chi connectivity index (χ1n) is 9.81. The summed E-state index contributed by atoms with van der Waals surface area (Å²) in [6.45, 7) is 6.18. The van der Waals surface area contributed by atoms with E-state index in [9.17, 15) is 0 Å². The number of halogens is 1.